The van der Waals surface area contributed by atoms with Gasteiger partial charge in [0.25, 0.3) is 0 Å². The minimum atomic E-state index is -0.982. The van der Waals surface area contributed by atoms with Gasteiger partial charge in [0.15, 0.2) is 0 Å². The Kier molecular flexibility index (Phi) is 4.57. The number of carbonyl (C=O) groups excluding carboxylic acids is 1. The van der Waals surface area contributed by atoms with Crippen molar-refractivity contribution < 1.29 is 14.7 Å². The summed E-state index contributed by atoms with van der Waals surface area (Å²) in [7, 11) is 0. The molecule has 0 aliphatic carbocycles. The Bertz CT molecular complexity index is 920. The number of carbonyl (C=O) groups is 2. The quantitative estimate of drug-likeness (QED) is 0.716. The smallest absolute Gasteiger partial charge is 0.303 e. The number of carboxylic acids is 1. The summed E-state index contributed by atoms with van der Waals surface area (Å²) in [4.78, 5) is 26.8. The summed E-state index contributed by atoms with van der Waals surface area (Å²) in [6.07, 6.45) is 1.61. The van der Waals surface area contributed by atoms with Crippen LogP contribution in [0.4, 0.5) is 0 Å². The van der Waals surface area contributed by atoms with Gasteiger partial charge in [-0.05, 0) is 24.3 Å². The lowest BCUT2D eigenvalue weighted by Crippen LogP contribution is -2.06. The van der Waals surface area contributed by atoms with Crippen LogP contribution in [0.3, 0.4) is 0 Å². The van der Waals surface area contributed by atoms with Crippen molar-refractivity contribution in [1.29, 1.82) is 0 Å². The summed E-state index contributed by atoms with van der Waals surface area (Å²) >= 11 is 6.18. The van der Waals surface area contributed by atoms with Gasteiger partial charge in [-0.1, -0.05) is 17.7 Å². The predicted molar refractivity (Wildman–Crippen MR) is 89.9 cm³/mol. The minimum absolute atomic E-state index is 0.00159. The van der Waals surface area contributed by atoms with Crippen LogP contribution in [-0.2, 0) is 16.0 Å². The second-order valence-electron chi connectivity index (χ2n) is 5.38. The van der Waals surface area contributed by atoms with Crippen LogP contribution in [0.25, 0.3) is 22.2 Å². The van der Waals surface area contributed by atoms with Gasteiger partial charge in [0.05, 0.1) is 28.3 Å². The minimum Gasteiger partial charge on any atom is -0.481 e. The maximum Gasteiger partial charge on any atom is 0.303 e. The fourth-order valence-corrected chi connectivity index (χ4v) is 2.71. The highest BCUT2D eigenvalue weighted by molar-refractivity contribution is 6.33. The summed E-state index contributed by atoms with van der Waals surface area (Å²) in [6.45, 7) is 0. The number of aromatic amines is 1. The van der Waals surface area contributed by atoms with Gasteiger partial charge in [-0.2, -0.15) is 5.10 Å². The Labute approximate surface area is 142 Å². The van der Waals surface area contributed by atoms with Crippen molar-refractivity contribution in [3.05, 3.63) is 47.2 Å². The standard InChI is InChI=1S/C17H14ClN3O3/c18-13-2-1-7-19-17(13)10-3-5-14-12(8-10)15(21-20-14)9-11(22)4-6-16(23)24/h1-3,5,7-8H,4,6,9H2,(H,20,21)(H,23,24). The van der Waals surface area contributed by atoms with Gasteiger partial charge in [0, 0.05) is 30.0 Å². The molecule has 3 rings (SSSR count). The molecule has 7 heteroatoms. The molecule has 0 aliphatic rings. The molecule has 3 aromatic rings. The molecule has 0 fully saturated rings. The summed E-state index contributed by atoms with van der Waals surface area (Å²) in [6, 6.07) is 9.10. The Hall–Kier alpha value is -2.73. The SMILES string of the molecule is O=C(O)CCC(=O)Cc1[nH]nc2ccc(-c3ncccc3Cl)cc12. The van der Waals surface area contributed by atoms with Gasteiger partial charge in [0.2, 0.25) is 0 Å². The molecule has 0 unspecified atom stereocenters. The molecule has 2 aromatic heterocycles. The number of rotatable bonds is 6. The maximum absolute atomic E-state index is 11.9. The molecule has 0 saturated heterocycles. The van der Waals surface area contributed by atoms with Crippen molar-refractivity contribution in [2.75, 3.05) is 0 Å². The van der Waals surface area contributed by atoms with E-state index in [-0.39, 0.29) is 25.0 Å². The van der Waals surface area contributed by atoms with Crippen LogP contribution < -0.4 is 0 Å². The zero-order valence-electron chi connectivity index (χ0n) is 12.6. The van der Waals surface area contributed by atoms with E-state index >= 15 is 0 Å². The first-order valence-electron chi connectivity index (χ1n) is 7.36. The second-order valence-corrected chi connectivity index (χ2v) is 5.78. The van der Waals surface area contributed by atoms with E-state index in [4.69, 9.17) is 16.7 Å². The lowest BCUT2D eigenvalue weighted by Gasteiger charge is -2.04. The normalized spacial score (nSPS) is 10.9. The molecule has 6 nitrogen and oxygen atoms in total. The van der Waals surface area contributed by atoms with Gasteiger partial charge in [-0.15, -0.1) is 0 Å². The van der Waals surface area contributed by atoms with Crippen LogP contribution in [0.5, 0.6) is 0 Å². The molecule has 0 aliphatic heterocycles. The number of hydrogen-bond acceptors (Lipinski definition) is 4. The van der Waals surface area contributed by atoms with Crippen molar-refractivity contribution in [1.82, 2.24) is 15.2 Å². The number of fused-ring (bicyclic) bond motifs is 1. The van der Waals surface area contributed by atoms with Crippen molar-refractivity contribution in [2.24, 2.45) is 0 Å². The second kappa shape index (κ2) is 6.80. The van der Waals surface area contributed by atoms with E-state index < -0.39 is 5.97 Å². The summed E-state index contributed by atoms with van der Waals surface area (Å²) in [5.74, 6) is -1.13. The molecule has 0 amide bonds. The van der Waals surface area contributed by atoms with Crippen molar-refractivity contribution in [3.8, 4) is 11.3 Å². The molecule has 0 spiro atoms. The van der Waals surface area contributed by atoms with Gasteiger partial charge in [0.1, 0.15) is 5.78 Å². The number of nitrogens with zero attached hydrogens (tertiary/aromatic N) is 2. The zero-order valence-corrected chi connectivity index (χ0v) is 13.4. The van der Waals surface area contributed by atoms with Crippen LogP contribution in [0.1, 0.15) is 18.5 Å². The molecule has 1 aromatic carbocycles. The highest BCUT2D eigenvalue weighted by Gasteiger charge is 2.13. The molecule has 0 bridgehead atoms. The average molecular weight is 344 g/mol. The molecular formula is C17H14ClN3O3. The highest BCUT2D eigenvalue weighted by Crippen LogP contribution is 2.29. The zero-order chi connectivity index (χ0) is 17.1. The summed E-state index contributed by atoms with van der Waals surface area (Å²) in [5.41, 5.74) is 2.88. The van der Waals surface area contributed by atoms with E-state index in [1.54, 1.807) is 18.3 Å². The number of Topliss-reactive ketones (excluding diaryl/α,β-unsaturated/α-hetero) is 1. The molecule has 122 valence electrons. The molecule has 0 saturated carbocycles. The van der Waals surface area contributed by atoms with Gasteiger partial charge in [-0.3, -0.25) is 19.7 Å². The average Bonchev–Trinajstić information content (AvgIpc) is 2.95. The summed E-state index contributed by atoms with van der Waals surface area (Å²) in [5, 5.41) is 17.0. The number of H-pyrrole nitrogens is 1. The maximum atomic E-state index is 11.9. The number of halogens is 1. The number of nitrogens with one attached hydrogen (secondary N) is 1. The monoisotopic (exact) mass is 343 g/mol. The Balaban J connectivity index is 1.91. The first-order valence-corrected chi connectivity index (χ1v) is 7.74. The van der Waals surface area contributed by atoms with Crippen LogP contribution in [0.15, 0.2) is 36.5 Å². The van der Waals surface area contributed by atoms with E-state index in [9.17, 15) is 9.59 Å². The molecule has 2 heterocycles. The number of ketones is 1. The van der Waals surface area contributed by atoms with Gasteiger partial charge in [-0.25, -0.2) is 0 Å². The number of aliphatic carboxylic acids is 1. The van der Waals surface area contributed by atoms with Gasteiger partial charge < -0.3 is 5.11 Å². The number of aromatic nitrogens is 3. The molecule has 0 atom stereocenters. The number of pyridine rings is 1. The molecule has 2 N–H and O–H groups in total. The lowest BCUT2D eigenvalue weighted by atomic mass is 10.0. The van der Waals surface area contributed by atoms with E-state index in [2.05, 4.69) is 15.2 Å². The predicted octanol–water partition coefficient (Wildman–Crippen LogP) is 3.25. The summed E-state index contributed by atoms with van der Waals surface area (Å²) < 4.78 is 0. The van der Waals surface area contributed by atoms with Crippen LogP contribution in [0.2, 0.25) is 5.02 Å². The van der Waals surface area contributed by atoms with E-state index in [0.29, 0.717) is 16.4 Å². The van der Waals surface area contributed by atoms with Crippen LogP contribution in [-0.4, -0.2) is 32.0 Å². The Morgan fingerprint density at radius 2 is 2.04 bits per heavy atom. The molecule has 24 heavy (non-hydrogen) atoms. The Morgan fingerprint density at radius 3 is 2.79 bits per heavy atom. The Morgan fingerprint density at radius 1 is 1.21 bits per heavy atom. The topological polar surface area (TPSA) is 95.9 Å². The third kappa shape index (κ3) is 3.44. The fourth-order valence-electron chi connectivity index (χ4n) is 2.48. The van der Waals surface area contributed by atoms with Crippen molar-refractivity contribution >= 4 is 34.3 Å². The molecule has 0 radical (unpaired) electrons. The first-order chi connectivity index (χ1) is 11.5. The van der Waals surface area contributed by atoms with Crippen molar-refractivity contribution in [3.63, 3.8) is 0 Å². The molecular weight excluding hydrogens is 330 g/mol. The fraction of sp³-hybridized carbons (Fsp3) is 0.176. The van der Waals surface area contributed by atoms with Crippen LogP contribution in [0, 0.1) is 0 Å². The number of carboxylic acid groups (broad SMARTS) is 1. The number of hydrogen-bond donors (Lipinski definition) is 2. The van der Waals surface area contributed by atoms with E-state index in [1.165, 1.54) is 0 Å². The largest absolute Gasteiger partial charge is 0.481 e. The van der Waals surface area contributed by atoms with Gasteiger partial charge >= 0.3 is 5.97 Å². The van der Waals surface area contributed by atoms with E-state index in [0.717, 1.165) is 16.5 Å². The highest BCUT2D eigenvalue weighted by atomic mass is 35.5. The number of benzene rings is 1. The lowest BCUT2D eigenvalue weighted by molar-refractivity contribution is -0.138. The van der Waals surface area contributed by atoms with Crippen LogP contribution >= 0.6 is 11.6 Å². The third-order valence-electron chi connectivity index (χ3n) is 3.66. The van der Waals surface area contributed by atoms with Crippen molar-refractivity contribution in [2.45, 2.75) is 19.3 Å². The third-order valence-corrected chi connectivity index (χ3v) is 3.96. The van der Waals surface area contributed by atoms with E-state index in [1.807, 2.05) is 18.2 Å². The first kappa shape index (κ1) is 16.1.